The van der Waals surface area contributed by atoms with Crippen LogP contribution in [0, 0.1) is 0 Å². The van der Waals surface area contributed by atoms with E-state index in [-0.39, 0.29) is 0 Å². The second-order valence-electron chi connectivity index (χ2n) is 7.13. The van der Waals surface area contributed by atoms with Crippen molar-refractivity contribution in [1.29, 1.82) is 0 Å². The van der Waals surface area contributed by atoms with Gasteiger partial charge in [-0.15, -0.1) is 0 Å². The third kappa shape index (κ3) is 4.87. The molecular weight excluding hydrogens is 348 g/mol. The Morgan fingerprint density at radius 3 is 2.39 bits per heavy atom. The molecule has 1 aliphatic rings. The maximum absolute atomic E-state index is 5.41. The van der Waals surface area contributed by atoms with Crippen LogP contribution >= 0.6 is 0 Å². The van der Waals surface area contributed by atoms with E-state index in [1.807, 2.05) is 28.9 Å². The van der Waals surface area contributed by atoms with Gasteiger partial charge in [-0.1, -0.05) is 48.5 Å². The smallest absolute Gasteiger partial charge is 0.0972 e. The van der Waals surface area contributed by atoms with Gasteiger partial charge in [0.2, 0.25) is 0 Å². The van der Waals surface area contributed by atoms with E-state index < -0.39 is 0 Å². The van der Waals surface area contributed by atoms with Crippen molar-refractivity contribution in [2.24, 2.45) is 0 Å². The maximum atomic E-state index is 5.41. The van der Waals surface area contributed by atoms with E-state index in [1.54, 1.807) is 0 Å². The van der Waals surface area contributed by atoms with Crippen molar-refractivity contribution in [2.45, 2.75) is 13.0 Å². The number of benzene rings is 2. The largest absolute Gasteiger partial charge is 0.379 e. The number of ether oxygens (including phenoxy) is 1. The van der Waals surface area contributed by atoms with Crippen molar-refractivity contribution in [3.8, 4) is 16.9 Å². The van der Waals surface area contributed by atoms with Gasteiger partial charge in [0.15, 0.2) is 0 Å². The molecule has 5 heteroatoms. The highest BCUT2D eigenvalue weighted by Crippen LogP contribution is 2.23. The summed E-state index contributed by atoms with van der Waals surface area (Å²) < 4.78 is 7.39. The Bertz CT molecular complexity index is 842. The summed E-state index contributed by atoms with van der Waals surface area (Å²) in [5, 5.41) is 8.48. The first-order valence-corrected chi connectivity index (χ1v) is 10.1. The van der Waals surface area contributed by atoms with Gasteiger partial charge in [-0.25, -0.2) is 4.68 Å². The van der Waals surface area contributed by atoms with E-state index in [1.165, 1.54) is 5.56 Å². The second kappa shape index (κ2) is 9.64. The Hall–Kier alpha value is -2.47. The van der Waals surface area contributed by atoms with Crippen LogP contribution in [-0.4, -0.2) is 54.1 Å². The first kappa shape index (κ1) is 18.9. The molecule has 1 aromatic heterocycles. The van der Waals surface area contributed by atoms with Crippen molar-refractivity contribution in [2.75, 3.05) is 39.4 Å². The fourth-order valence-corrected chi connectivity index (χ4v) is 3.57. The molecule has 0 aliphatic carbocycles. The minimum absolute atomic E-state index is 0.820. The lowest BCUT2D eigenvalue weighted by molar-refractivity contribution is 0.0374. The zero-order valence-corrected chi connectivity index (χ0v) is 16.3. The van der Waals surface area contributed by atoms with E-state index in [9.17, 15) is 0 Å². The van der Waals surface area contributed by atoms with Crippen LogP contribution in [0.15, 0.2) is 66.9 Å². The lowest BCUT2D eigenvalue weighted by Crippen LogP contribution is -2.37. The summed E-state index contributed by atoms with van der Waals surface area (Å²) in [5.74, 6) is 0. The lowest BCUT2D eigenvalue weighted by atomic mass is 10.1. The molecule has 1 fully saturated rings. The maximum Gasteiger partial charge on any atom is 0.0972 e. The molecule has 0 unspecified atom stereocenters. The highest BCUT2D eigenvalue weighted by atomic mass is 16.5. The Kier molecular flexibility index (Phi) is 6.50. The number of morpholine rings is 1. The topological polar surface area (TPSA) is 42.3 Å². The number of hydrogen-bond donors (Lipinski definition) is 1. The molecule has 0 saturated carbocycles. The van der Waals surface area contributed by atoms with Crippen molar-refractivity contribution < 1.29 is 4.74 Å². The lowest BCUT2D eigenvalue weighted by Gasteiger charge is -2.26. The molecule has 0 atom stereocenters. The molecular formula is C23H28N4O. The molecule has 0 radical (unpaired) electrons. The summed E-state index contributed by atoms with van der Waals surface area (Å²) in [6.07, 6.45) is 3.29. The van der Waals surface area contributed by atoms with Crippen LogP contribution in [0.4, 0.5) is 0 Å². The Morgan fingerprint density at radius 1 is 0.929 bits per heavy atom. The third-order valence-corrected chi connectivity index (χ3v) is 5.11. The van der Waals surface area contributed by atoms with Gasteiger partial charge < -0.3 is 10.1 Å². The molecule has 1 saturated heterocycles. The van der Waals surface area contributed by atoms with E-state index >= 15 is 0 Å². The zero-order chi connectivity index (χ0) is 19.0. The second-order valence-corrected chi connectivity index (χ2v) is 7.13. The highest BCUT2D eigenvalue weighted by molar-refractivity contribution is 5.63. The van der Waals surface area contributed by atoms with Crippen LogP contribution < -0.4 is 5.32 Å². The first-order chi connectivity index (χ1) is 13.9. The monoisotopic (exact) mass is 376 g/mol. The standard InChI is InChI=1S/C23H28N4O/c1-3-8-20(9-4-1)23-21(19-27(25-23)22-10-5-2-6-11-22)18-24-12-7-13-26-14-16-28-17-15-26/h1-6,8-11,19,24H,7,12-18H2. The summed E-state index contributed by atoms with van der Waals surface area (Å²) in [4.78, 5) is 2.48. The molecule has 28 heavy (non-hydrogen) atoms. The Morgan fingerprint density at radius 2 is 1.64 bits per heavy atom. The van der Waals surface area contributed by atoms with Gasteiger partial charge >= 0.3 is 0 Å². The minimum Gasteiger partial charge on any atom is -0.379 e. The molecule has 0 bridgehead atoms. The number of rotatable bonds is 8. The fraction of sp³-hybridized carbons (Fsp3) is 0.348. The molecule has 2 aromatic carbocycles. The fourth-order valence-electron chi connectivity index (χ4n) is 3.57. The van der Waals surface area contributed by atoms with Gasteiger partial charge in [0, 0.05) is 37.0 Å². The number of aromatic nitrogens is 2. The van der Waals surface area contributed by atoms with Gasteiger partial charge in [-0.05, 0) is 31.6 Å². The normalized spacial score (nSPS) is 15.0. The number of nitrogens with zero attached hydrogens (tertiary/aromatic N) is 3. The van der Waals surface area contributed by atoms with Crippen LogP contribution in [-0.2, 0) is 11.3 Å². The van der Waals surface area contributed by atoms with Crippen molar-refractivity contribution in [3.63, 3.8) is 0 Å². The van der Waals surface area contributed by atoms with Crippen LogP contribution in [0.2, 0.25) is 0 Å². The van der Waals surface area contributed by atoms with Crippen molar-refractivity contribution >= 4 is 0 Å². The number of nitrogens with one attached hydrogen (secondary N) is 1. The molecule has 0 amide bonds. The number of hydrogen-bond acceptors (Lipinski definition) is 4. The van der Waals surface area contributed by atoms with Gasteiger partial charge in [-0.2, -0.15) is 5.10 Å². The van der Waals surface area contributed by atoms with Crippen LogP contribution in [0.3, 0.4) is 0 Å². The van der Waals surface area contributed by atoms with Gasteiger partial charge in [-0.3, -0.25) is 4.90 Å². The van der Waals surface area contributed by atoms with Crippen LogP contribution in [0.5, 0.6) is 0 Å². The zero-order valence-electron chi connectivity index (χ0n) is 16.3. The summed E-state index contributed by atoms with van der Waals surface area (Å²) >= 11 is 0. The molecule has 5 nitrogen and oxygen atoms in total. The van der Waals surface area contributed by atoms with E-state index in [4.69, 9.17) is 9.84 Å². The molecule has 1 N–H and O–H groups in total. The highest BCUT2D eigenvalue weighted by Gasteiger charge is 2.12. The van der Waals surface area contributed by atoms with Gasteiger partial charge in [0.1, 0.15) is 0 Å². The molecule has 4 rings (SSSR count). The quantitative estimate of drug-likeness (QED) is 0.612. The van der Waals surface area contributed by atoms with Gasteiger partial charge in [0.05, 0.1) is 24.6 Å². The summed E-state index contributed by atoms with van der Waals surface area (Å²) in [6, 6.07) is 20.7. The average molecular weight is 377 g/mol. The Labute approximate surface area is 166 Å². The molecule has 1 aliphatic heterocycles. The summed E-state index contributed by atoms with van der Waals surface area (Å²) in [7, 11) is 0. The van der Waals surface area contributed by atoms with Crippen molar-refractivity contribution in [1.82, 2.24) is 20.0 Å². The first-order valence-electron chi connectivity index (χ1n) is 10.1. The molecule has 2 heterocycles. The van der Waals surface area contributed by atoms with Crippen molar-refractivity contribution in [3.05, 3.63) is 72.4 Å². The summed E-state index contributed by atoms with van der Waals surface area (Å²) in [5.41, 5.74) is 4.51. The molecule has 0 spiro atoms. The van der Waals surface area contributed by atoms with E-state index in [0.29, 0.717) is 0 Å². The third-order valence-electron chi connectivity index (χ3n) is 5.11. The van der Waals surface area contributed by atoms with E-state index in [0.717, 1.165) is 69.3 Å². The molecule has 3 aromatic rings. The predicted octanol–water partition coefficient (Wildman–Crippen LogP) is 3.35. The SMILES string of the molecule is c1ccc(-c2nn(-c3ccccc3)cc2CNCCCN2CCOCC2)cc1. The Balaban J connectivity index is 1.41. The average Bonchev–Trinajstić information content (AvgIpc) is 3.20. The van der Waals surface area contributed by atoms with E-state index in [2.05, 4.69) is 52.8 Å². The summed E-state index contributed by atoms with van der Waals surface area (Å²) in [6.45, 7) is 6.80. The van der Waals surface area contributed by atoms with Gasteiger partial charge in [0.25, 0.3) is 0 Å². The van der Waals surface area contributed by atoms with Crippen LogP contribution in [0.25, 0.3) is 16.9 Å². The molecule has 146 valence electrons. The number of para-hydroxylation sites is 1. The predicted molar refractivity (Wildman–Crippen MR) is 113 cm³/mol. The minimum atomic E-state index is 0.820. The van der Waals surface area contributed by atoms with Crippen LogP contribution in [0.1, 0.15) is 12.0 Å².